The summed E-state index contributed by atoms with van der Waals surface area (Å²) in [4.78, 5) is 46.5. The Morgan fingerprint density at radius 2 is 1.92 bits per heavy atom. The topological polar surface area (TPSA) is 104 Å². The van der Waals surface area contributed by atoms with Gasteiger partial charge in [0.05, 0.1) is 18.7 Å². The molecule has 202 valence electrons. The van der Waals surface area contributed by atoms with Crippen LogP contribution in [-0.2, 0) is 25.5 Å². The number of nitrogens with one attached hydrogen (secondary N) is 2. The summed E-state index contributed by atoms with van der Waals surface area (Å²) in [5, 5.41) is 8.01. The number of thiazole rings is 1. The SMILES string of the molecule is COCCN(CC(=O)Nc1nc(CC(=O)NCCCN2CCCCC2C)cs1)C(=O)C1CCCCC1. The van der Waals surface area contributed by atoms with E-state index >= 15 is 0 Å². The molecule has 2 aliphatic rings. The Hall–Kier alpha value is -2.04. The minimum atomic E-state index is -0.285. The zero-order valence-corrected chi connectivity index (χ0v) is 22.7. The number of amides is 3. The van der Waals surface area contributed by atoms with Crippen molar-refractivity contribution < 1.29 is 19.1 Å². The number of hydrogen-bond acceptors (Lipinski definition) is 7. The number of likely N-dealkylation sites (tertiary alicyclic amines) is 1. The molecule has 2 N–H and O–H groups in total. The van der Waals surface area contributed by atoms with Gasteiger partial charge in [-0.25, -0.2) is 4.98 Å². The molecule has 0 radical (unpaired) electrons. The van der Waals surface area contributed by atoms with E-state index in [9.17, 15) is 14.4 Å². The van der Waals surface area contributed by atoms with Crippen molar-refractivity contribution in [2.24, 2.45) is 5.92 Å². The van der Waals surface area contributed by atoms with E-state index in [2.05, 4.69) is 27.4 Å². The third kappa shape index (κ3) is 9.44. The van der Waals surface area contributed by atoms with Crippen LogP contribution in [0.3, 0.4) is 0 Å². The van der Waals surface area contributed by atoms with E-state index in [1.807, 2.05) is 0 Å². The van der Waals surface area contributed by atoms with Crippen LogP contribution in [0.2, 0.25) is 0 Å². The molecule has 10 heteroatoms. The Labute approximate surface area is 219 Å². The Morgan fingerprint density at radius 1 is 1.14 bits per heavy atom. The highest BCUT2D eigenvalue weighted by atomic mass is 32.1. The zero-order valence-electron chi connectivity index (χ0n) is 21.9. The van der Waals surface area contributed by atoms with Gasteiger partial charge in [0.2, 0.25) is 17.7 Å². The van der Waals surface area contributed by atoms with Gasteiger partial charge in [-0.3, -0.25) is 14.4 Å². The predicted octanol–water partition coefficient (Wildman–Crippen LogP) is 3.06. The number of rotatable bonds is 13. The van der Waals surface area contributed by atoms with E-state index in [1.165, 1.54) is 37.0 Å². The minimum Gasteiger partial charge on any atom is -0.383 e. The molecule has 1 saturated heterocycles. The molecule has 0 aromatic carbocycles. The molecule has 1 aliphatic carbocycles. The lowest BCUT2D eigenvalue weighted by molar-refractivity contribution is -0.139. The molecule has 1 aromatic heterocycles. The van der Waals surface area contributed by atoms with E-state index < -0.39 is 0 Å². The number of carbonyl (C=O) groups excluding carboxylic acids is 3. The zero-order chi connectivity index (χ0) is 25.8. The first kappa shape index (κ1) is 28.5. The summed E-state index contributed by atoms with van der Waals surface area (Å²) in [5.41, 5.74) is 0.631. The lowest BCUT2D eigenvalue weighted by Crippen LogP contribution is -2.43. The van der Waals surface area contributed by atoms with Crippen LogP contribution < -0.4 is 10.6 Å². The summed E-state index contributed by atoms with van der Waals surface area (Å²) in [7, 11) is 1.59. The highest BCUT2D eigenvalue weighted by molar-refractivity contribution is 7.13. The van der Waals surface area contributed by atoms with E-state index in [0.29, 0.717) is 36.6 Å². The lowest BCUT2D eigenvalue weighted by atomic mass is 9.88. The van der Waals surface area contributed by atoms with Gasteiger partial charge >= 0.3 is 0 Å². The maximum atomic E-state index is 13.0. The van der Waals surface area contributed by atoms with Crippen LogP contribution in [0.1, 0.15) is 70.4 Å². The molecule has 36 heavy (non-hydrogen) atoms. The van der Waals surface area contributed by atoms with Crippen molar-refractivity contribution in [3.8, 4) is 0 Å². The van der Waals surface area contributed by atoms with Crippen LogP contribution in [0, 0.1) is 5.92 Å². The Kier molecular flexibility index (Phi) is 12.1. The summed E-state index contributed by atoms with van der Waals surface area (Å²) < 4.78 is 5.14. The van der Waals surface area contributed by atoms with Gasteiger partial charge in [-0.2, -0.15) is 0 Å². The van der Waals surface area contributed by atoms with Crippen molar-refractivity contribution in [1.82, 2.24) is 20.1 Å². The fourth-order valence-electron chi connectivity index (χ4n) is 5.08. The predicted molar refractivity (Wildman–Crippen MR) is 142 cm³/mol. The van der Waals surface area contributed by atoms with Crippen molar-refractivity contribution in [3.63, 3.8) is 0 Å². The first-order valence-corrected chi connectivity index (χ1v) is 14.4. The van der Waals surface area contributed by atoms with Gasteiger partial charge in [0, 0.05) is 44.1 Å². The number of piperidine rings is 1. The van der Waals surface area contributed by atoms with Crippen molar-refractivity contribution in [2.75, 3.05) is 51.8 Å². The molecule has 3 amide bonds. The quantitative estimate of drug-likeness (QED) is 0.387. The van der Waals surface area contributed by atoms with Crippen LogP contribution in [0.4, 0.5) is 5.13 Å². The van der Waals surface area contributed by atoms with Crippen LogP contribution in [0.25, 0.3) is 0 Å². The fourth-order valence-corrected chi connectivity index (χ4v) is 5.81. The first-order valence-electron chi connectivity index (χ1n) is 13.5. The second-order valence-corrected chi connectivity index (χ2v) is 10.9. The Morgan fingerprint density at radius 3 is 2.67 bits per heavy atom. The number of ether oxygens (including phenoxy) is 1. The molecule has 1 atom stereocenters. The van der Waals surface area contributed by atoms with Gasteiger partial charge in [0.25, 0.3) is 0 Å². The van der Waals surface area contributed by atoms with E-state index in [-0.39, 0.29) is 36.6 Å². The van der Waals surface area contributed by atoms with Crippen LogP contribution in [0.5, 0.6) is 0 Å². The molecule has 1 saturated carbocycles. The molecule has 1 aromatic rings. The third-order valence-electron chi connectivity index (χ3n) is 7.19. The van der Waals surface area contributed by atoms with Crippen molar-refractivity contribution in [2.45, 2.75) is 77.2 Å². The molecule has 1 unspecified atom stereocenters. The Bertz CT molecular complexity index is 842. The summed E-state index contributed by atoms with van der Waals surface area (Å²) in [6.07, 6.45) is 10.0. The fraction of sp³-hybridized carbons (Fsp3) is 0.769. The second-order valence-electron chi connectivity index (χ2n) is 10.0. The molecular formula is C26H43N5O4S. The first-order chi connectivity index (χ1) is 17.5. The summed E-state index contributed by atoms with van der Waals surface area (Å²) in [6, 6.07) is 0.635. The molecule has 2 heterocycles. The average molecular weight is 522 g/mol. The van der Waals surface area contributed by atoms with Crippen LogP contribution in [-0.4, -0.2) is 85.0 Å². The number of aromatic nitrogens is 1. The van der Waals surface area contributed by atoms with Gasteiger partial charge in [-0.1, -0.05) is 25.7 Å². The van der Waals surface area contributed by atoms with Gasteiger partial charge in [0.15, 0.2) is 5.13 Å². The summed E-state index contributed by atoms with van der Waals surface area (Å²) in [5.74, 6) is -0.314. The molecule has 2 fully saturated rings. The number of carbonyl (C=O) groups is 3. The van der Waals surface area contributed by atoms with E-state index in [1.54, 1.807) is 17.4 Å². The van der Waals surface area contributed by atoms with Gasteiger partial charge in [-0.05, 0) is 45.6 Å². The van der Waals surface area contributed by atoms with Gasteiger partial charge in [-0.15, -0.1) is 11.3 Å². The molecule has 1 aliphatic heterocycles. The molecule has 9 nitrogen and oxygen atoms in total. The molecule has 0 bridgehead atoms. The van der Waals surface area contributed by atoms with E-state index in [0.717, 1.165) is 45.2 Å². The van der Waals surface area contributed by atoms with Gasteiger partial charge < -0.3 is 25.2 Å². The van der Waals surface area contributed by atoms with Gasteiger partial charge in [0.1, 0.15) is 6.54 Å². The largest absolute Gasteiger partial charge is 0.383 e. The maximum absolute atomic E-state index is 13.0. The van der Waals surface area contributed by atoms with Crippen LogP contribution in [0.15, 0.2) is 5.38 Å². The number of methoxy groups -OCH3 is 1. The molecular weight excluding hydrogens is 478 g/mol. The Balaban J connectivity index is 1.39. The average Bonchev–Trinajstić information content (AvgIpc) is 3.31. The standard InChI is InChI=1S/C26H43N5O4S/c1-20-9-6-7-13-30(20)14-8-12-27-23(32)17-22-19-36-26(28-22)29-24(33)18-31(15-16-35-2)25(34)21-10-4-3-5-11-21/h19-21H,3-18H2,1-2H3,(H,27,32)(H,28,29,33). The van der Waals surface area contributed by atoms with Crippen LogP contribution >= 0.6 is 11.3 Å². The normalized spacial score (nSPS) is 19.1. The third-order valence-corrected chi connectivity index (χ3v) is 8.00. The number of anilines is 1. The van der Waals surface area contributed by atoms with Crippen molar-refractivity contribution >= 4 is 34.2 Å². The summed E-state index contributed by atoms with van der Waals surface area (Å²) in [6.45, 7) is 5.85. The highest BCUT2D eigenvalue weighted by Crippen LogP contribution is 2.25. The van der Waals surface area contributed by atoms with Crippen molar-refractivity contribution in [3.05, 3.63) is 11.1 Å². The summed E-state index contributed by atoms with van der Waals surface area (Å²) >= 11 is 1.29. The van der Waals surface area contributed by atoms with Crippen molar-refractivity contribution in [1.29, 1.82) is 0 Å². The minimum absolute atomic E-state index is 0.00311. The van der Waals surface area contributed by atoms with E-state index in [4.69, 9.17) is 4.74 Å². The lowest BCUT2D eigenvalue weighted by Gasteiger charge is -2.33. The number of hydrogen-bond donors (Lipinski definition) is 2. The second kappa shape index (κ2) is 15.3. The smallest absolute Gasteiger partial charge is 0.245 e. The monoisotopic (exact) mass is 521 g/mol. The highest BCUT2D eigenvalue weighted by Gasteiger charge is 2.27. The number of nitrogens with zero attached hydrogens (tertiary/aromatic N) is 3. The maximum Gasteiger partial charge on any atom is 0.245 e. The molecule has 3 rings (SSSR count). The molecule has 0 spiro atoms.